The molecule has 8 bridgehead atoms. The zero-order chi connectivity index (χ0) is 55.8. The van der Waals surface area contributed by atoms with Crippen molar-refractivity contribution in [2.24, 2.45) is 0 Å². The van der Waals surface area contributed by atoms with Gasteiger partial charge in [-0.3, -0.25) is 19.2 Å². The second kappa shape index (κ2) is 28.4. The van der Waals surface area contributed by atoms with Gasteiger partial charge in [0.05, 0.1) is 49.2 Å². The Morgan fingerprint density at radius 2 is 0.531 bits per heavy atom. The van der Waals surface area contributed by atoms with E-state index < -0.39 is 23.9 Å². The van der Waals surface area contributed by atoms with Crippen LogP contribution in [0.15, 0.2) is 121 Å². The number of carboxylic acid groups (broad SMARTS) is 4. The van der Waals surface area contributed by atoms with Gasteiger partial charge in [-0.25, -0.2) is 9.97 Å². The maximum atomic E-state index is 11.1. The van der Waals surface area contributed by atoms with Gasteiger partial charge in [0.25, 0.3) is 0 Å². The molecule has 3 aromatic heterocycles. The fraction of sp³-hybridized carbons (Fsp3) is 0.250. The molecule has 9 rings (SSSR count). The van der Waals surface area contributed by atoms with Crippen LogP contribution in [-0.2, 0) is 39.6 Å². The Labute approximate surface area is 481 Å². The average Bonchev–Trinajstić information content (AvgIpc) is 4.39. The molecule has 0 amide bonds. The molecule has 81 heavy (non-hydrogen) atoms. The molecule has 0 aliphatic carbocycles. The smallest absolute Gasteiger partial charge is 0.657 e. The van der Waals surface area contributed by atoms with E-state index in [1.807, 2.05) is 146 Å². The van der Waals surface area contributed by atoms with Crippen molar-refractivity contribution in [3.63, 3.8) is 0 Å². The summed E-state index contributed by atoms with van der Waals surface area (Å²) in [5.74, 6) is -0.805. The predicted octanol–water partition coefficient (Wildman–Crippen LogP) is 13.1. The van der Waals surface area contributed by atoms with Crippen LogP contribution in [0.5, 0.6) is 23.0 Å². The van der Waals surface area contributed by atoms with E-state index >= 15 is 0 Å². The Morgan fingerprint density at radius 1 is 0.321 bits per heavy atom. The van der Waals surface area contributed by atoms with Gasteiger partial charge < -0.3 is 49.3 Å². The van der Waals surface area contributed by atoms with Crippen LogP contribution in [0.3, 0.4) is 0 Å². The van der Waals surface area contributed by atoms with Crippen LogP contribution in [0.1, 0.15) is 99.8 Å². The van der Waals surface area contributed by atoms with E-state index in [2.05, 4.69) is 0 Å². The van der Waals surface area contributed by atoms with Gasteiger partial charge in [0.2, 0.25) is 0 Å². The van der Waals surface area contributed by atoms with E-state index in [1.54, 1.807) is 0 Å². The number of nitrogens with zero attached hydrogens (tertiary/aromatic N) is 4. The average molecular weight is 1180 g/mol. The topological polar surface area (TPSA) is 240 Å². The standard InChI is InChI=1S/C64H62N4O12.Pd/c69-57(70)9-1-5-37-77-45-21-13-41(14-22-45)61-49-29-31-51(65-49)62(42-15-23-46(24-16-42)78-38-6-2-10-58(71)72)53-33-35-55(67-53)64(44-19-27-48(28-20-44)80-40-8-4-12-60(75)76)56-36-34-54(68-56)63(52-32-30-50(61)66-52)43-17-25-47(26-18-43)79-39-7-3-11-59(73)74;/h13-36H,1-12,37-40H2,(H6,65,66,67,68,69,70,71,72,73,74,75,76);/q;+2/p-2. The normalized spacial score (nSPS) is 11.5. The number of unbranched alkanes of at least 4 members (excludes halogenated alkanes) is 4. The van der Waals surface area contributed by atoms with Gasteiger partial charge in [0, 0.05) is 25.7 Å². The summed E-state index contributed by atoms with van der Waals surface area (Å²) in [5.41, 5.74) is 11.6. The second-order valence-corrected chi connectivity index (χ2v) is 19.3. The first-order valence-electron chi connectivity index (χ1n) is 26.8. The fourth-order valence-electron chi connectivity index (χ4n) is 9.42. The van der Waals surface area contributed by atoms with Gasteiger partial charge in [-0.15, -0.1) is 22.1 Å². The summed E-state index contributed by atoms with van der Waals surface area (Å²) in [4.78, 5) is 65.9. The number of hydrogen-bond donors (Lipinski definition) is 4. The molecule has 0 radical (unpaired) electrons. The molecule has 4 aromatic carbocycles. The molecule has 7 aromatic rings. The quantitative estimate of drug-likeness (QED) is 0.0263. The number of hydrogen-bond acceptors (Lipinski definition) is 10. The van der Waals surface area contributed by atoms with E-state index in [-0.39, 0.29) is 46.1 Å². The minimum atomic E-state index is -0.839. The van der Waals surface area contributed by atoms with E-state index in [9.17, 15) is 19.2 Å². The minimum absolute atomic E-state index is 0. The molecule has 16 nitrogen and oxygen atoms in total. The molecule has 0 unspecified atom stereocenters. The fourth-order valence-corrected chi connectivity index (χ4v) is 9.42. The van der Waals surface area contributed by atoms with Crippen LogP contribution in [-0.4, -0.2) is 80.7 Å². The van der Waals surface area contributed by atoms with Gasteiger partial charge in [0.1, 0.15) is 23.0 Å². The Hall–Kier alpha value is -8.78. The molecule has 2 aliphatic heterocycles. The zero-order valence-corrected chi connectivity index (χ0v) is 45.9. The molecule has 5 heterocycles. The summed E-state index contributed by atoms with van der Waals surface area (Å²) >= 11 is 0. The van der Waals surface area contributed by atoms with Crippen molar-refractivity contribution in [3.05, 3.63) is 144 Å². The summed E-state index contributed by atoms with van der Waals surface area (Å²) in [7, 11) is 0. The van der Waals surface area contributed by atoms with Crippen molar-refractivity contribution in [2.75, 3.05) is 26.4 Å². The molecule has 0 spiro atoms. The number of aromatic nitrogens is 4. The molecule has 17 heteroatoms. The minimum Gasteiger partial charge on any atom is -0.657 e. The van der Waals surface area contributed by atoms with Crippen LogP contribution in [0.2, 0.25) is 0 Å². The summed E-state index contributed by atoms with van der Waals surface area (Å²) in [6, 6.07) is 38.7. The molecule has 0 saturated carbocycles. The van der Waals surface area contributed by atoms with Crippen LogP contribution >= 0.6 is 0 Å². The molecule has 4 N–H and O–H groups in total. The van der Waals surface area contributed by atoms with Crippen molar-refractivity contribution < 1.29 is 79.0 Å². The SMILES string of the molecule is O=C(O)CCCCOc1ccc(-c2c3nc(c(-c4ccc(OCCCCC(=O)O)cc4)c4ccc([n-]4)c(-c4ccc(OCCCCC(=O)O)cc4)c4nc(c(-c5ccc(OCCCCC(=O)O)cc5)c5ccc2[n-]5)C=C4)C=C3)cc1.[Pd+2]. The van der Waals surface area contributed by atoms with Crippen molar-refractivity contribution in [2.45, 2.75) is 77.0 Å². The molecule has 0 fully saturated rings. The van der Waals surface area contributed by atoms with E-state index in [0.717, 1.165) is 44.5 Å². The summed E-state index contributed by atoms with van der Waals surface area (Å²) in [6.07, 6.45) is 12.6. The van der Waals surface area contributed by atoms with Crippen molar-refractivity contribution in [3.8, 4) is 67.5 Å². The predicted molar refractivity (Wildman–Crippen MR) is 306 cm³/mol. The summed E-state index contributed by atoms with van der Waals surface area (Å²) in [5, 5.41) is 36.4. The van der Waals surface area contributed by atoms with E-state index in [1.165, 1.54) is 0 Å². The van der Waals surface area contributed by atoms with Crippen molar-refractivity contribution in [1.82, 2.24) is 19.9 Å². The maximum Gasteiger partial charge on any atom is 2.00 e. The number of rotatable bonds is 28. The van der Waals surface area contributed by atoms with Crippen LogP contribution < -0.4 is 28.9 Å². The molecule has 0 atom stereocenters. The first kappa shape index (κ1) is 58.4. The van der Waals surface area contributed by atoms with Gasteiger partial charge in [-0.05, 0) is 169 Å². The number of benzene rings is 4. The van der Waals surface area contributed by atoms with Crippen LogP contribution in [0.4, 0.5) is 0 Å². The first-order valence-corrected chi connectivity index (χ1v) is 26.8. The van der Waals surface area contributed by atoms with Gasteiger partial charge in [0.15, 0.2) is 0 Å². The Kier molecular flexibility index (Phi) is 20.5. The number of aliphatic carboxylic acids is 4. The van der Waals surface area contributed by atoms with Crippen LogP contribution in [0, 0.1) is 0 Å². The Bertz CT molecular complexity index is 3110. The molecule has 0 saturated heterocycles. The molecule has 2 aliphatic rings. The monoisotopic (exact) mass is 1180 g/mol. The second-order valence-electron chi connectivity index (χ2n) is 19.3. The third-order valence-electron chi connectivity index (χ3n) is 13.4. The van der Waals surface area contributed by atoms with Gasteiger partial charge in [-0.1, -0.05) is 72.8 Å². The van der Waals surface area contributed by atoms with Gasteiger partial charge in [-0.2, -0.15) is 0 Å². The summed E-state index contributed by atoms with van der Waals surface area (Å²) in [6.45, 7) is 1.48. The van der Waals surface area contributed by atoms with Crippen molar-refractivity contribution >= 4 is 70.2 Å². The Morgan fingerprint density at radius 3 is 0.728 bits per heavy atom. The Balaban J connectivity index is 0.00000860. The zero-order valence-electron chi connectivity index (χ0n) is 44.3. The maximum absolute atomic E-state index is 11.1. The largest absolute Gasteiger partial charge is 2.00 e. The molecular weight excluding hydrogens is 1120 g/mol. The first-order chi connectivity index (χ1) is 38.9. The molecule has 418 valence electrons. The number of ether oxygens (including phenoxy) is 4. The van der Waals surface area contributed by atoms with E-state index in [0.29, 0.717) is 146 Å². The van der Waals surface area contributed by atoms with Crippen molar-refractivity contribution in [1.29, 1.82) is 0 Å². The summed E-state index contributed by atoms with van der Waals surface area (Å²) < 4.78 is 24.1. The van der Waals surface area contributed by atoms with Gasteiger partial charge >= 0.3 is 44.3 Å². The third kappa shape index (κ3) is 15.7. The van der Waals surface area contributed by atoms with Crippen LogP contribution in [0.25, 0.3) is 90.9 Å². The molecular formula is C64H60N4O12Pd. The third-order valence-corrected chi connectivity index (χ3v) is 13.4. The number of carbonyl (C=O) groups is 4. The van der Waals surface area contributed by atoms with E-state index in [4.69, 9.17) is 59.3 Å². The number of fused-ring (bicyclic) bond motifs is 8. The number of carboxylic acids is 4.